The van der Waals surface area contributed by atoms with Gasteiger partial charge in [-0.2, -0.15) is 0 Å². The van der Waals surface area contributed by atoms with E-state index in [4.69, 9.17) is 71.6 Å². The Bertz CT molecular complexity index is 5600. The molecule has 9 heterocycles. The molecule has 0 saturated carbocycles. The molecule has 8 amide bonds. The first-order valence-electron chi connectivity index (χ1n) is 41.7. The summed E-state index contributed by atoms with van der Waals surface area (Å²) in [5.74, 6) is -19.7. The predicted octanol–water partition coefficient (Wildman–Crippen LogP) is 0.940. The van der Waals surface area contributed by atoms with E-state index in [0.717, 1.165) is 111 Å². The fourth-order valence-electron chi connectivity index (χ4n) is 16.2. The van der Waals surface area contributed by atoms with E-state index in [1.807, 2.05) is 13.0 Å². The quantitative estimate of drug-likeness (QED) is 0.0396. The molecule has 0 radical (unpaired) electrons. The van der Waals surface area contributed by atoms with Crippen molar-refractivity contribution in [2.45, 2.75) is 199 Å². The Morgan fingerprint density at radius 2 is 1.07 bits per heavy atom. The summed E-state index contributed by atoms with van der Waals surface area (Å²) >= 11 is 14.7. The van der Waals surface area contributed by atoms with Gasteiger partial charge in [0.2, 0.25) is 65.6 Å². The number of rotatable bonds is 19. The van der Waals surface area contributed by atoms with Crippen molar-refractivity contribution < 1.29 is 162 Å². The van der Waals surface area contributed by atoms with Gasteiger partial charge in [0.05, 0.1) is 29.9 Å². The van der Waals surface area contributed by atoms with Gasteiger partial charge in [0.25, 0.3) is 0 Å². The summed E-state index contributed by atoms with van der Waals surface area (Å²) in [6, 6.07) is 0.558. The lowest BCUT2D eigenvalue weighted by Crippen LogP contribution is -2.65. The third-order valence-corrected chi connectivity index (χ3v) is 23.7. The van der Waals surface area contributed by atoms with Gasteiger partial charge < -0.3 is 167 Å². The van der Waals surface area contributed by atoms with Crippen LogP contribution in [0.3, 0.4) is 0 Å². The zero-order chi connectivity index (χ0) is 94.7. The second-order valence-corrected chi connectivity index (χ2v) is 33.2. The number of amides is 8. The summed E-state index contributed by atoms with van der Waals surface area (Å²) in [5, 5.41) is 190. The number of phenols is 4. The molecule has 17 bridgehead atoms. The molecule has 0 aromatic heterocycles. The number of unbranched alkanes of at least 4 members (excludes halogenated alkanes) is 3. The van der Waals surface area contributed by atoms with E-state index in [1.54, 1.807) is 6.08 Å². The number of aliphatic carboxylic acids is 1. The van der Waals surface area contributed by atoms with Crippen LogP contribution in [0.25, 0.3) is 11.1 Å². The number of phenolic OH excluding ortho intramolecular Hbond substituents is 4. The number of aliphatic hydroxyl groups is 10. The zero-order valence-electron chi connectivity index (χ0n) is 69.9. The average Bonchev–Trinajstić information content (AvgIpc) is 0.757. The molecule has 704 valence electrons. The van der Waals surface area contributed by atoms with E-state index in [0.29, 0.717) is 6.42 Å². The van der Waals surface area contributed by atoms with Crippen LogP contribution in [-0.4, -0.2) is 254 Å². The summed E-state index contributed by atoms with van der Waals surface area (Å²) in [7, 11) is 0. The third-order valence-electron chi connectivity index (χ3n) is 23.1. The van der Waals surface area contributed by atoms with E-state index >= 15 is 24.0 Å². The Morgan fingerprint density at radius 3 is 1.70 bits per heavy atom. The highest BCUT2D eigenvalue weighted by molar-refractivity contribution is 6.32. The molecule has 44 heteroatoms. The lowest BCUT2D eigenvalue weighted by atomic mass is 9.89. The van der Waals surface area contributed by atoms with Crippen LogP contribution in [0.1, 0.15) is 128 Å². The number of benzene rings is 7. The van der Waals surface area contributed by atoms with Gasteiger partial charge in [-0.15, -0.1) is 0 Å². The number of aliphatic hydroxyl groups excluding tert-OH is 10. The van der Waals surface area contributed by atoms with E-state index in [1.165, 1.54) is 30.3 Å². The van der Waals surface area contributed by atoms with Crippen molar-refractivity contribution in [2.24, 2.45) is 5.73 Å². The molecule has 16 rings (SSSR count). The van der Waals surface area contributed by atoms with Crippen molar-refractivity contribution in [3.05, 3.63) is 176 Å². The summed E-state index contributed by atoms with van der Waals surface area (Å²) in [4.78, 5) is 138. The minimum Gasteiger partial charge on any atom is -0.508 e. The molecule has 7 aromatic carbocycles. The maximum absolute atomic E-state index is 17.0. The number of nitrogens with one attached hydrogen (secondary N) is 8. The molecule has 3 unspecified atom stereocenters. The first kappa shape index (κ1) is 95.8. The fourth-order valence-corrected chi connectivity index (χ4v) is 16.7. The van der Waals surface area contributed by atoms with Crippen molar-refractivity contribution in [3.8, 4) is 80.1 Å². The average molecular weight is 1880 g/mol. The predicted molar refractivity (Wildman–Crippen MR) is 453 cm³/mol. The van der Waals surface area contributed by atoms with Crippen LogP contribution in [0.15, 0.2) is 127 Å². The molecule has 3 saturated heterocycles. The molecule has 9 aliphatic rings. The number of hydrogen-bond acceptors (Lipinski definition) is 33. The molecule has 42 nitrogen and oxygen atoms in total. The van der Waals surface area contributed by atoms with Crippen molar-refractivity contribution in [2.75, 3.05) is 19.8 Å². The third kappa shape index (κ3) is 20.6. The maximum atomic E-state index is 17.0. The van der Waals surface area contributed by atoms with Crippen molar-refractivity contribution in [3.63, 3.8) is 0 Å². The van der Waals surface area contributed by atoms with Gasteiger partial charge in [-0.1, -0.05) is 79.4 Å². The minimum atomic E-state index is -2.59. The number of nitrogens with two attached hydrogens (primary N) is 1. The number of ether oxygens (including phenoxy) is 9. The topological polar surface area (TPSA) is 662 Å². The van der Waals surface area contributed by atoms with Crippen LogP contribution in [0, 0.1) is 0 Å². The second kappa shape index (κ2) is 40.8. The number of hydrogen-bond donors (Lipinski definition) is 24. The van der Waals surface area contributed by atoms with Gasteiger partial charge in [0.15, 0.2) is 35.3 Å². The fraction of sp³-hybridized carbons (Fsp3) is 0.398. The molecule has 25 N–H and O–H groups in total. The Hall–Kier alpha value is -12.3. The van der Waals surface area contributed by atoms with Gasteiger partial charge in [0.1, 0.15) is 156 Å². The SMILES string of the molecule is CCCCC/C=C/CCC(=O)N[C@H]1[C@H](Oc2c3cc4cc2Oc2ccc(cc2Cl)[C@@H](O[C@@H]2O[C@H](CO)[C@@H](O)[C@H](O)[C@H]2NC(C)=O)[C@@H]2NC(=O)[C@H](NC(=O)C4NC(=O)C4NC(=O)C(Cc5ccc(c(Cl)c5)O3)NC(=O)[C@@H](N)c3ccc(O)c(c3)Oc3cc(O)cc4c3)c3ccc(O)c(c3)-c3c(O[C@H]4O[C@H](CO)[C@@H](O)[C@H](O)[C@@H]4O)cc(O)cc3[C@@H](C(=O)O)NC2=O)O[C@H](CO)[C@@H](O)[C@@H]1O. The first-order valence-corrected chi connectivity index (χ1v) is 42.5. The number of halogens is 2. The molecule has 3 fully saturated rings. The van der Waals surface area contributed by atoms with E-state index < -0.39 is 316 Å². The Labute approximate surface area is 759 Å². The lowest BCUT2D eigenvalue weighted by Gasteiger charge is -2.44. The highest BCUT2D eigenvalue weighted by Gasteiger charge is 2.52. The molecule has 23 atom stereocenters. The Balaban J connectivity index is 1.04. The molecular weight excluding hydrogens is 1780 g/mol. The van der Waals surface area contributed by atoms with Crippen LogP contribution in [0.4, 0.5) is 0 Å². The van der Waals surface area contributed by atoms with Crippen LogP contribution in [0.2, 0.25) is 10.0 Å². The number of fused-ring (bicyclic) bond motifs is 14. The van der Waals surface area contributed by atoms with Gasteiger partial charge in [-0.3, -0.25) is 38.4 Å². The van der Waals surface area contributed by atoms with Gasteiger partial charge in [-0.25, -0.2) is 4.79 Å². The zero-order valence-corrected chi connectivity index (χ0v) is 71.4. The smallest absolute Gasteiger partial charge is 0.330 e. The molecule has 0 aliphatic carbocycles. The number of aromatic hydroxyl groups is 4. The van der Waals surface area contributed by atoms with E-state index in [-0.39, 0.29) is 46.2 Å². The van der Waals surface area contributed by atoms with Gasteiger partial charge >= 0.3 is 5.97 Å². The minimum absolute atomic E-state index is 0.0251. The maximum Gasteiger partial charge on any atom is 0.330 e. The standard InChI is InChI=1S/C88H95Cl2N9O33/c1-3-4-5-6-7-8-9-10-60(108)94-68-74(113)71(110)58(32-101)129-87(68)132-78-55-26-40-27-56(78)126-52-18-14-38(24-47(52)90)77(131-86-67(92-34(2)103)73(112)70(109)57(31-100)128-86)69-84(121)98-66(85(122)123)45-29-42(105)30-54(127-88-76(115)75(114)72(111)59(33-102)130-88)61(45)44-23-37(13-15-49(44)106)63(81(118)99-69)96-83(120)65(40)97-82(119)64-39-21-41(104)28-43(22-39)124-53-25-36(12-16-50(53)107)62(91)80(117)93-48(79(116)95-64)20-35-11-17-51(125-55)46(89)19-35/h7-8,11-19,21-30,48,57-59,62-77,86-88,100-102,104-107,109-115H,3-6,9-10,20,31-33,91H2,1-2H3,(H,92,103)(H,93,117)(H,94,108)(H,95,116)(H,96,120)(H,97,119)(H,98,121)(H,99,118)(H,122,123)/b8-7+/t48?,57-,58-,59-,62+,63-,64?,65?,66+,67-,68-,69+,70-,71-,72-,73-,74-,75+,76+,77-,86+,87+,88+/m1/s1. The summed E-state index contributed by atoms with van der Waals surface area (Å²) in [5.41, 5.74) is 2.76. The number of carboxylic acids is 1. The van der Waals surface area contributed by atoms with Crippen molar-refractivity contribution in [1.82, 2.24) is 42.5 Å². The normalized spacial score (nSPS) is 28.9. The Kier molecular flexibility index (Phi) is 29.6. The second-order valence-electron chi connectivity index (χ2n) is 32.3. The molecule has 0 spiro atoms. The number of carbonyl (C=O) groups is 9. The van der Waals surface area contributed by atoms with Crippen LogP contribution in [0.5, 0.6) is 69.0 Å². The van der Waals surface area contributed by atoms with Gasteiger partial charge in [0, 0.05) is 48.6 Å². The molecule has 7 aromatic rings. The van der Waals surface area contributed by atoms with E-state index in [2.05, 4.69) is 42.5 Å². The summed E-state index contributed by atoms with van der Waals surface area (Å²) < 4.78 is 57.4. The lowest BCUT2D eigenvalue weighted by molar-refractivity contribution is -0.284. The molecular formula is C88H95Cl2N9O33. The van der Waals surface area contributed by atoms with Crippen LogP contribution < -0.4 is 72.0 Å². The highest BCUT2D eigenvalue weighted by atomic mass is 35.5. The van der Waals surface area contributed by atoms with Crippen molar-refractivity contribution >= 4 is 76.4 Å². The van der Waals surface area contributed by atoms with Crippen LogP contribution >= 0.6 is 23.2 Å². The van der Waals surface area contributed by atoms with Crippen molar-refractivity contribution in [1.29, 1.82) is 0 Å². The highest BCUT2D eigenvalue weighted by Crippen LogP contribution is 2.51. The number of carboxylic acid groups (broad SMARTS) is 1. The monoisotopic (exact) mass is 1880 g/mol. The summed E-state index contributed by atoms with van der Waals surface area (Å²) in [6.07, 6.45) is -22.2. The molecule has 9 aliphatic heterocycles. The Morgan fingerprint density at radius 1 is 0.508 bits per heavy atom. The van der Waals surface area contributed by atoms with Crippen LogP contribution in [-0.2, 0) is 68.5 Å². The number of carbonyl (C=O) groups excluding carboxylic acids is 8. The molecule has 132 heavy (non-hydrogen) atoms. The number of allylic oxidation sites excluding steroid dienone is 2. The largest absolute Gasteiger partial charge is 0.508 e. The first-order chi connectivity index (χ1) is 63.0. The van der Waals surface area contributed by atoms with E-state index in [9.17, 15) is 95.8 Å². The van der Waals surface area contributed by atoms with Gasteiger partial charge in [-0.05, 0) is 132 Å². The summed E-state index contributed by atoms with van der Waals surface area (Å²) in [6.45, 7) is -0.149.